The Hall–Kier alpha value is -1.67. The van der Waals surface area contributed by atoms with Crippen molar-refractivity contribution in [3.8, 4) is 11.8 Å². The van der Waals surface area contributed by atoms with Gasteiger partial charge in [0.25, 0.3) is 0 Å². The minimum atomic E-state index is -0.573. The predicted octanol–water partition coefficient (Wildman–Crippen LogP) is 2.66. The molecule has 1 N–H and O–H groups in total. The molecule has 0 bridgehead atoms. The van der Waals surface area contributed by atoms with Gasteiger partial charge in [-0.05, 0) is 38.4 Å². The van der Waals surface area contributed by atoms with Crippen molar-refractivity contribution in [3.05, 3.63) is 29.3 Å². The smallest absolute Gasteiger partial charge is 0.165 e. The Morgan fingerprint density at radius 1 is 1.32 bits per heavy atom. The summed E-state index contributed by atoms with van der Waals surface area (Å²) in [4.78, 5) is 0. The lowest BCUT2D eigenvalue weighted by atomic mass is 9.96. The first-order valence-electron chi connectivity index (χ1n) is 6.03. The highest BCUT2D eigenvalue weighted by molar-refractivity contribution is 5.31. The van der Waals surface area contributed by atoms with Gasteiger partial charge in [-0.15, -0.1) is 0 Å². The standard InChI is InChI=1S/C14H18F2N2O/c1-14(2,8-17)9-18-5-4-10-6-12(16)13(19-3)7-11(10)15/h6-7,18H,4-5,9H2,1-3H3. The third-order valence-corrected chi connectivity index (χ3v) is 2.76. The van der Waals surface area contributed by atoms with Crippen LogP contribution >= 0.6 is 0 Å². The van der Waals surface area contributed by atoms with Crippen molar-refractivity contribution in [3.63, 3.8) is 0 Å². The van der Waals surface area contributed by atoms with Crippen molar-refractivity contribution in [1.82, 2.24) is 5.32 Å². The highest BCUT2D eigenvalue weighted by Crippen LogP contribution is 2.21. The SMILES string of the molecule is COc1cc(F)c(CCNCC(C)(C)C#N)cc1F. The zero-order valence-corrected chi connectivity index (χ0v) is 11.4. The summed E-state index contributed by atoms with van der Waals surface area (Å²) < 4.78 is 31.7. The number of hydrogen-bond donors (Lipinski definition) is 1. The quantitative estimate of drug-likeness (QED) is 0.807. The Balaban J connectivity index is 2.55. The number of hydrogen-bond acceptors (Lipinski definition) is 3. The maximum Gasteiger partial charge on any atom is 0.165 e. The van der Waals surface area contributed by atoms with E-state index in [-0.39, 0.29) is 5.75 Å². The maximum absolute atomic E-state index is 13.6. The minimum Gasteiger partial charge on any atom is -0.494 e. The van der Waals surface area contributed by atoms with Gasteiger partial charge in [0.1, 0.15) is 5.82 Å². The fourth-order valence-electron chi connectivity index (χ4n) is 1.58. The monoisotopic (exact) mass is 268 g/mol. The number of rotatable bonds is 6. The van der Waals surface area contributed by atoms with Crippen LogP contribution in [0.4, 0.5) is 8.78 Å². The molecule has 5 heteroatoms. The van der Waals surface area contributed by atoms with Gasteiger partial charge < -0.3 is 10.1 Å². The maximum atomic E-state index is 13.6. The summed E-state index contributed by atoms with van der Waals surface area (Å²) in [6, 6.07) is 4.35. The van der Waals surface area contributed by atoms with E-state index >= 15 is 0 Å². The van der Waals surface area contributed by atoms with Gasteiger partial charge in [0.2, 0.25) is 0 Å². The largest absolute Gasteiger partial charge is 0.494 e. The molecule has 0 heterocycles. The first-order valence-corrected chi connectivity index (χ1v) is 6.03. The van der Waals surface area contributed by atoms with E-state index < -0.39 is 17.0 Å². The van der Waals surface area contributed by atoms with Gasteiger partial charge in [-0.1, -0.05) is 0 Å². The number of nitrogens with zero attached hydrogens (tertiary/aromatic N) is 1. The Labute approximate surface area is 112 Å². The second-order valence-corrected chi connectivity index (χ2v) is 5.00. The van der Waals surface area contributed by atoms with Crippen molar-refractivity contribution >= 4 is 0 Å². The molecule has 3 nitrogen and oxygen atoms in total. The average molecular weight is 268 g/mol. The van der Waals surface area contributed by atoms with Crippen molar-refractivity contribution in [2.24, 2.45) is 5.41 Å². The lowest BCUT2D eigenvalue weighted by Gasteiger charge is -2.16. The summed E-state index contributed by atoms with van der Waals surface area (Å²) in [5.74, 6) is -1.16. The zero-order valence-electron chi connectivity index (χ0n) is 11.4. The van der Waals surface area contributed by atoms with E-state index in [9.17, 15) is 8.78 Å². The molecule has 0 saturated heterocycles. The van der Waals surface area contributed by atoms with Crippen molar-refractivity contribution in [2.75, 3.05) is 20.2 Å². The van der Waals surface area contributed by atoms with Gasteiger partial charge in [-0.3, -0.25) is 0 Å². The summed E-state index contributed by atoms with van der Waals surface area (Å²) in [7, 11) is 1.29. The second kappa shape index (κ2) is 6.48. The molecule has 0 aliphatic carbocycles. The summed E-state index contributed by atoms with van der Waals surface area (Å²) in [5, 5.41) is 11.9. The Bertz CT molecular complexity index is 481. The molecule has 0 aliphatic heterocycles. The van der Waals surface area contributed by atoms with Crippen LogP contribution in [-0.2, 0) is 6.42 Å². The number of nitriles is 1. The average Bonchev–Trinajstić information content (AvgIpc) is 2.38. The van der Waals surface area contributed by atoms with Crippen LogP contribution in [0.15, 0.2) is 12.1 Å². The predicted molar refractivity (Wildman–Crippen MR) is 68.9 cm³/mol. The molecule has 0 unspecified atom stereocenters. The van der Waals surface area contributed by atoms with Crippen LogP contribution in [0.3, 0.4) is 0 Å². The van der Waals surface area contributed by atoms with E-state index in [1.807, 2.05) is 13.8 Å². The van der Waals surface area contributed by atoms with Crippen LogP contribution in [0.25, 0.3) is 0 Å². The van der Waals surface area contributed by atoms with Crippen LogP contribution in [0.1, 0.15) is 19.4 Å². The fourth-order valence-corrected chi connectivity index (χ4v) is 1.58. The summed E-state index contributed by atoms with van der Waals surface area (Å²) in [6.07, 6.45) is 0.355. The second-order valence-electron chi connectivity index (χ2n) is 5.00. The van der Waals surface area contributed by atoms with Crippen molar-refractivity contribution in [1.29, 1.82) is 5.26 Å². The van der Waals surface area contributed by atoms with Gasteiger partial charge in [0, 0.05) is 12.6 Å². The fraction of sp³-hybridized carbons (Fsp3) is 0.500. The molecule has 1 rings (SSSR count). The van der Waals surface area contributed by atoms with E-state index in [4.69, 9.17) is 10.00 Å². The zero-order chi connectivity index (χ0) is 14.5. The van der Waals surface area contributed by atoms with Crippen LogP contribution in [-0.4, -0.2) is 20.2 Å². The molecule has 0 fully saturated rings. The number of ether oxygens (including phenoxy) is 1. The third kappa shape index (κ3) is 4.49. The number of benzene rings is 1. The van der Waals surface area contributed by atoms with Gasteiger partial charge in [0.05, 0.1) is 18.6 Å². The normalized spacial score (nSPS) is 11.2. The van der Waals surface area contributed by atoms with Gasteiger partial charge in [-0.25, -0.2) is 8.78 Å². The van der Waals surface area contributed by atoms with Crippen LogP contribution in [0.5, 0.6) is 5.75 Å². The van der Waals surface area contributed by atoms with E-state index in [0.717, 1.165) is 12.1 Å². The van der Waals surface area contributed by atoms with E-state index in [2.05, 4.69) is 11.4 Å². The molecule has 0 amide bonds. The first-order chi connectivity index (χ1) is 8.89. The molecule has 0 spiro atoms. The third-order valence-electron chi connectivity index (χ3n) is 2.76. The van der Waals surface area contributed by atoms with Gasteiger partial charge in [-0.2, -0.15) is 5.26 Å². The lowest BCUT2D eigenvalue weighted by molar-refractivity contribution is 0.381. The topological polar surface area (TPSA) is 45.0 Å². The Kier molecular flexibility index (Phi) is 5.25. The minimum absolute atomic E-state index is 0.0974. The van der Waals surface area contributed by atoms with Gasteiger partial charge in [0.15, 0.2) is 11.6 Å². The molecule has 1 aromatic carbocycles. The molecule has 1 aromatic rings. The number of nitrogens with one attached hydrogen (secondary N) is 1. The molecule has 19 heavy (non-hydrogen) atoms. The Morgan fingerprint density at radius 2 is 2.00 bits per heavy atom. The van der Waals surface area contributed by atoms with Crippen molar-refractivity contribution < 1.29 is 13.5 Å². The molecule has 0 atom stereocenters. The van der Waals surface area contributed by atoms with E-state index in [1.54, 1.807) is 0 Å². The highest BCUT2D eigenvalue weighted by Gasteiger charge is 2.16. The van der Waals surface area contributed by atoms with E-state index in [1.165, 1.54) is 7.11 Å². The number of methoxy groups -OCH3 is 1. The molecule has 0 saturated carbocycles. The number of halogens is 2. The molecule has 104 valence electrons. The molecule has 0 aliphatic rings. The van der Waals surface area contributed by atoms with Crippen LogP contribution in [0.2, 0.25) is 0 Å². The highest BCUT2D eigenvalue weighted by atomic mass is 19.1. The van der Waals surface area contributed by atoms with Crippen molar-refractivity contribution in [2.45, 2.75) is 20.3 Å². The lowest BCUT2D eigenvalue weighted by Crippen LogP contribution is -2.29. The van der Waals surface area contributed by atoms with Gasteiger partial charge >= 0.3 is 0 Å². The molecule has 0 aromatic heterocycles. The van der Waals surface area contributed by atoms with E-state index in [0.29, 0.717) is 25.1 Å². The molecular formula is C14H18F2N2O. The Morgan fingerprint density at radius 3 is 2.58 bits per heavy atom. The molecule has 0 radical (unpaired) electrons. The molecular weight excluding hydrogens is 250 g/mol. The summed E-state index contributed by atoms with van der Waals surface area (Å²) >= 11 is 0. The summed E-state index contributed by atoms with van der Waals surface area (Å²) in [5.41, 5.74) is -0.176. The first kappa shape index (κ1) is 15.4. The van der Waals surface area contributed by atoms with Crippen LogP contribution < -0.4 is 10.1 Å². The summed E-state index contributed by atoms with van der Waals surface area (Å²) in [6.45, 7) is 4.61. The van der Waals surface area contributed by atoms with Crippen LogP contribution in [0, 0.1) is 28.4 Å².